The van der Waals surface area contributed by atoms with E-state index in [1.54, 1.807) is 0 Å². The Bertz CT molecular complexity index is 482. The van der Waals surface area contributed by atoms with Gasteiger partial charge in [0.25, 0.3) is 0 Å². The van der Waals surface area contributed by atoms with Crippen LogP contribution in [0.3, 0.4) is 0 Å². The quantitative estimate of drug-likeness (QED) is 0.424. The van der Waals surface area contributed by atoms with E-state index in [0.717, 1.165) is 18.4 Å². The highest BCUT2D eigenvalue weighted by molar-refractivity contribution is 14.1. The van der Waals surface area contributed by atoms with Crippen molar-refractivity contribution < 1.29 is 14.4 Å². The topological polar surface area (TPSA) is 55.8 Å². The second-order valence-corrected chi connectivity index (χ2v) is 10.8. The van der Waals surface area contributed by atoms with E-state index in [2.05, 4.69) is 22.6 Å². The number of benzene rings is 1. The van der Waals surface area contributed by atoms with Gasteiger partial charge < -0.3 is 14.4 Å². The average molecular weight is 451 g/mol. The highest BCUT2D eigenvalue weighted by Crippen LogP contribution is 2.28. The molecule has 0 aliphatic carbocycles. The van der Waals surface area contributed by atoms with Crippen LogP contribution < -0.4 is 0 Å². The highest BCUT2D eigenvalue weighted by Gasteiger charge is 2.37. The van der Waals surface area contributed by atoms with Crippen LogP contribution in [-0.2, 0) is 22.6 Å². The molecule has 1 heterocycles. The fourth-order valence-corrected chi connectivity index (χ4v) is 4.44. The molecule has 1 saturated heterocycles. The first kappa shape index (κ1) is 19.5. The third-order valence-electron chi connectivity index (χ3n) is 3.77. The second kappa shape index (κ2) is 8.49. The summed E-state index contributed by atoms with van der Waals surface area (Å²) in [7, 11) is 0. The predicted octanol–water partition coefficient (Wildman–Crippen LogP) is 3.25. The molecule has 1 aliphatic heterocycles. The zero-order valence-corrected chi connectivity index (χ0v) is 16.9. The van der Waals surface area contributed by atoms with Gasteiger partial charge in [-0.3, -0.25) is 0 Å². The molecule has 4 atom stereocenters. The summed E-state index contributed by atoms with van der Waals surface area (Å²) >= 11 is 1.10. The molecular weight excluding hydrogens is 425 g/mol. The van der Waals surface area contributed by atoms with Gasteiger partial charge in [-0.2, -0.15) is 0 Å². The molecule has 1 aromatic carbocycles. The lowest BCUT2D eigenvalue weighted by molar-refractivity contribution is -0.157. The second-order valence-electron chi connectivity index (χ2n) is 6.91. The van der Waals surface area contributed by atoms with Gasteiger partial charge in [0.05, 0.1) is 23.1 Å². The summed E-state index contributed by atoms with van der Waals surface area (Å²) in [5.41, 5.74) is 1.13. The Kier molecular flexibility index (Phi) is 7.18. The zero-order valence-electron chi connectivity index (χ0n) is 13.9. The van der Waals surface area contributed by atoms with Crippen molar-refractivity contribution in [2.45, 2.75) is 61.2 Å². The minimum absolute atomic E-state index is 0.0778. The van der Waals surface area contributed by atoms with Crippen LogP contribution in [0.15, 0.2) is 30.3 Å². The lowest BCUT2D eigenvalue weighted by atomic mass is 10.1. The van der Waals surface area contributed by atoms with Gasteiger partial charge >= 0.3 is 0 Å². The molecule has 0 bridgehead atoms. The maximum atomic E-state index is 12.9. The monoisotopic (exact) mass is 451 g/mol. The summed E-state index contributed by atoms with van der Waals surface area (Å²) in [4.78, 5) is 0. The molecule has 1 N–H and O–H groups in total. The van der Waals surface area contributed by atoms with Crippen LogP contribution in [0, 0.1) is 0 Å². The number of aliphatic hydroxyl groups is 1. The lowest BCUT2D eigenvalue weighted by Crippen LogP contribution is -2.48. The van der Waals surface area contributed by atoms with E-state index in [-0.39, 0.29) is 14.8 Å². The summed E-state index contributed by atoms with van der Waals surface area (Å²) in [6.45, 7) is 7.14. The molecule has 6 heteroatoms. The molecule has 1 aliphatic rings. The molecule has 4 nitrogen and oxygen atoms in total. The Morgan fingerprint density at radius 1 is 1.30 bits per heavy atom. The van der Waals surface area contributed by atoms with Crippen molar-refractivity contribution in [3.05, 3.63) is 35.9 Å². The summed E-state index contributed by atoms with van der Waals surface area (Å²) < 4.78 is 20.4. The van der Waals surface area contributed by atoms with Crippen LogP contribution in [0.25, 0.3) is 0 Å². The average Bonchev–Trinajstić information content (AvgIpc) is 2.49. The molecule has 0 spiro atoms. The van der Waals surface area contributed by atoms with Crippen molar-refractivity contribution in [3.63, 3.8) is 0 Å². The van der Waals surface area contributed by atoms with E-state index in [4.69, 9.17) is 4.74 Å². The SMILES string of the molecule is CC(C)(C)[S@@+]([O-])N(Cc1ccccc1)C[C@@H]1CC[C@@H](I)[C@H](O)O1. The van der Waals surface area contributed by atoms with Gasteiger partial charge in [0.15, 0.2) is 6.29 Å². The Morgan fingerprint density at radius 3 is 2.52 bits per heavy atom. The smallest absolute Gasteiger partial charge is 0.166 e. The number of aliphatic hydroxyl groups excluding tert-OH is 1. The molecule has 0 radical (unpaired) electrons. The first-order valence-corrected chi connectivity index (χ1v) is 10.3. The number of halogens is 1. The molecular formula is C17H26INO3S. The van der Waals surface area contributed by atoms with Gasteiger partial charge in [-0.15, -0.1) is 4.31 Å². The number of ether oxygens (including phenoxy) is 1. The van der Waals surface area contributed by atoms with Crippen LogP contribution in [0.2, 0.25) is 0 Å². The van der Waals surface area contributed by atoms with Crippen molar-refractivity contribution in [3.8, 4) is 0 Å². The van der Waals surface area contributed by atoms with E-state index >= 15 is 0 Å². The molecule has 130 valence electrons. The number of rotatable bonds is 5. The standard InChI is InChI=1S/C17H26INO3S/c1-17(2,3)23(21)19(11-13-7-5-4-6-8-13)12-14-9-10-15(18)16(20)22-14/h4-8,14-16,20H,9-12H2,1-3H3/t14-,15+,16+,23+/m0/s1. The summed E-state index contributed by atoms with van der Waals surface area (Å²) in [5.74, 6) is 0. The Hall–Kier alpha value is 0.140. The van der Waals surface area contributed by atoms with Gasteiger partial charge in [0, 0.05) is 11.4 Å². The highest BCUT2D eigenvalue weighted by atomic mass is 127. The molecule has 2 rings (SSSR count). The van der Waals surface area contributed by atoms with Crippen molar-refractivity contribution >= 4 is 34.0 Å². The zero-order chi connectivity index (χ0) is 17.0. The first-order chi connectivity index (χ1) is 10.8. The normalized spacial score (nSPS) is 27.2. The largest absolute Gasteiger partial charge is 0.597 e. The number of hydrogen-bond acceptors (Lipinski definition) is 4. The molecule has 1 fully saturated rings. The predicted molar refractivity (Wildman–Crippen MR) is 103 cm³/mol. The maximum absolute atomic E-state index is 12.9. The van der Waals surface area contributed by atoms with E-state index in [1.807, 2.05) is 55.4 Å². The van der Waals surface area contributed by atoms with Gasteiger partial charge in [-0.1, -0.05) is 52.9 Å². The van der Waals surface area contributed by atoms with Crippen molar-refractivity contribution in [1.82, 2.24) is 4.31 Å². The first-order valence-electron chi connectivity index (χ1n) is 7.96. The molecule has 23 heavy (non-hydrogen) atoms. The third-order valence-corrected chi connectivity index (χ3v) is 6.81. The summed E-state index contributed by atoms with van der Waals surface area (Å²) in [5, 5.41) is 9.93. The molecule has 1 aromatic rings. The maximum Gasteiger partial charge on any atom is 0.166 e. The lowest BCUT2D eigenvalue weighted by Gasteiger charge is -2.37. The van der Waals surface area contributed by atoms with E-state index in [9.17, 15) is 9.66 Å². The fourth-order valence-electron chi connectivity index (χ4n) is 2.56. The van der Waals surface area contributed by atoms with Gasteiger partial charge in [-0.25, -0.2) is 0 Å². The Balaban J connectivity index is 2.07. The summed E-state index contributed by atoms with van der Waals surface area (Å²) in [6.07, 6.45) is 1.01. The van der Waals surface area contributed by atoms with Crippen LogP contribution in [0.5, 0.6) is 0 Å². The van der Waals surface area contributed by atoms with E-state index in [1.165, 1.54) is 0 Å². The van der Waals surface area contributed by atoms with Gasteiger partial charge in [-0.05, 0) is 39.2 Å². The van der Waals surface area contributed by atoms with Crippen molar-refractivity contribution in [2.75, 3.05) is 6.54 Å². The fraction of sp³-hybridized carbons (Fsp3) is 0.647. The summed E-state index contributed by atoms with van der Waals surface area (Å²) in [6, 6.07) is 10.1. The van der Waals surface area contributed by atoms with Crippen LogP contribution in [0.1, 0.15) is 39.2 Å². The van der Waals surface area contributed by atoms with Crippen LogP contribution in [0.4, 0.5) is 0 Å². The molecule has 0 unspecified atom stereocenters. The van der Waals surface area contributed by atoms with Crippen LogP contribution >= 0.6 is 22.6 Å². The minimum atomic E-state index is -1.13. The van der Waals surface area contributed by atoms with Crippen molar-refractivity contribution in [2.24, 2.45) is 0 Å². The molecule has 0 amide bonds. The Morgan fingerprint density at radius 2 is 1.96 bits per heavy atom. The number of nitrogens with zero attached hydrogens (tertiary/aromatic N) is 1. The number of alkyl halides is 1. The van der Waals surface area contributed by atoms with Gasteiger partial charge in [0.2, 0.25) is 0 Å². The molecule has 0 aromatic heterocycles. The number of hydrogen-bond donors (Lipinski definition) is 1. The van der Waals surface area contributed by atoms with Gasteiger partial charge in [0.1, 0.15) is 4.75 Å². The minimum Gasteiger partial charge on any atom is -0.597 e. The van der Waals surface area contributed by atoms with Crippen molar-refractivity contribution in [1.29, 1.82) is 0 Å². The Labute approximate surface area is 156 Å². The molecule has 0 saturated carbocycles. The third kappa shape index (κ3) is 5.86. The van der Waals surface area contributed by atoms with E-state index in [0.29, 0.717) is 13.1 Å². The van der Waals surface area contributed by atoms with Crippen LogP contribution in [-0.4, -0.2) is 41.6 Å². The van der Waals surface area contributed by atoms with E-state index < -0.39 is 17.7 Å².